The molecule has 3 aromatic heterocycles. The Labute approximate surface area is 345 Å². The van der Waals surface area contributed by atoms with Gasteiger partial charge in [-0.15, -0.1) is 20.5 Å². The van der Waals surface area contributed by atoms with Crippen molar-refractivity contribution in [2.75, 3.05) is 10.6 Å². The number of aromatic nitrogens is 3. The maximum atomic E-state index is 12.2. The van der Waals surface area contributed by atoms with Gasteiger partial charge in [0.05, 0.1) is 21.0 Å². The van der Waals surface area contributed by atoms with Gasteiger partial charge >= 0.3 is 0 Å². The molecule has 0 aliphatic heterocycles. The van der Waals surface area contributed by atoms with Crippen LogP contribution >= 0.6 is 11.3 Å². The zero-order valence-corrected chi connectivity index (χ0v) is 33.7. The average Bonchev–Trinajstić information content (AvgIpc) is 3.62. The summed E-state index contributed by atoms with van der Waals surface area (Å²) in [6.45, 7) is 1.57. The van der Waals surface area contributed by atoms with Crippen molar-refractivity contribution >= 4 is 97.0 Å². The quantitative estimate of drug-likeness (QED) is 0.0565. The zero-order valence-electron chi connectivity index (χ0n) is 30.4. The third-order valence-electron chi connectivity index (χ3n) is 8.47. The summed E-state index contributed by atoms with van der Waals surface area (Å²) in [5.41, 5.74) is 1.86. The molecule has 7 rings (SSSR count). The van der Waals surface area contributed by atoms with Crippen LogP contribution in [0, 0.1) is 18.3 Å². The first-order chi connectivity index (χ1) is 28.5. The third-order valence-corrected chi connectivity index (χ3v) is 11.9. The second kappa shape index (κ2) is 16.4. The van der Waals surface area contributed by atoms with Crippen molar-refractivity contribution in [3.05, 3.63) is 121 Å². The minimum Gasteiger partial charge on any atom is -0.339 e. The molecule has 3 heterocycles. The summed E-state index contributed by atoms with van der Waals surface area (Å²) < 4.78 is 99.7. The van der Waals surface area contributed by atoms with Gasteiger partial charge in [-0.1, -0.05) is 35.6 Å². The van der Waals surface area contributed by atoms with Crippen LogP contribution in [0.2, 0.25) is 0 Å². The van der Waals surface area contributed by atoms with E-state index in [1.165, 1.54) is 36.5 Å². The van der Waals surface area contributed by atoms with Crippen molar-refractivity contribution in [2.45, 2.75) is 21.6 Å². The van der Waals surface area contributed by atoms with E-state index in [2.05, 4.69) is 52.1 Å². The number of nitriles is 1. The molecule has 23 heteroatoms. The lowest BCUT2D eigenvalue weighted by molar-refractivity contribution is 0.481. The van der Waals surface area contributed by atoms with Gasteiger partial charge in [0.15, 0.2) is 16.6 Å². The summed E-state index contributed by atoms with van der Waals surface area (Å²) >= 11 is 0.957. The number of anilines is 4. The van der Waals surface area contributed by atoms with E-state index in [0.29, 0.717) is 33.4 Å². The van der Waals surface area contributed by atoms with Crippen LogP contribution in [0.15, 0.2) is 145 Å². The Morgan fingerprint density at radius 3 is 1.92 bits per heavy atom. The fourth-order valence-electron chi connectivity index (χ4n) is 5.65. The predicted octanol–water partition coefficient (Wildman–Crippen LogP) is 8.99. The van der Waals surface area contributed by atoms with Crippen molar-refractivity contribution in [2.24, 2.45) is 20.5 Å². The minimum absolute atomic E-state index is 0.00673. The van der Waals surface area contributed by atoms with Crippen molar-refractivity contribution < 1.29 is 38.9 Å². The van der Waals surface area contributed by atoms with Crippen LogP contribution in [0.1, 0.15) is 11.1 Å². The Bertz CT molecular complexity index is 3250. The van der Waals surface area contributed by atoms with Crippen molar-refractivity contribution in [1.82, 2.24) is 15.0 Å². The van der Waals surface area contributed by atoms with Crippen LogP contribution in [0.3, 0.4) is 0 Å². The number of azo groups is 2. The van der Waals surface area contributed by atoms with E-state index in [9.17, 15) is 44.2 Å². The normalized spacial score (nSPS) is 12.2. The number of pyridine rings is 2. The third kappa shape index (κ3) is 9.19. The molecule has 0 spiro atoms. The molecule has 7 aromatic rings. The topological polar surface area (TPSA) is 299 Å². The standard InChI is InChI=1S/C37H26N10O9S4/c1-21-30(19-38)34(40-24-8-12-27(13-9-24)58(48,49)50)43-35(41-25-10-14-28(15-11-25)59(51,52)53)32(21)45-47-37-42-33(23-6-4-16-39-20-23)36(57-37)46-44-26-17-22-5-2-3-7-29(22)31(18-26)60(54,55)56/h2-18,20H,1H3,(H2,40,41,43)(H,48,49,50)(H,51,52,53)(H,54,55,56). The second-order valence-electron chi connectivity index (χ2n) is 12.5. The summed E-state index contributed by atoms with van der Waals surface area (Å²) in [7, 11) is -13.6. The lowest BCUT2D eigenvalue weighted by Crippen LogP contribution is -2.05. The summed E-state index contributed by atoms with van der Waals surface area (Å²) in [6.07, 6.45) is 3.09. The van der Waals surface area contributed by atoms with Gasteiger partial charge in [-0.3, -0.25) is 18.6 Å². The molecule has 4 aromatic carbocycles. The molecule has 0 radical (unpaired) electrons. The van der Waals surface area contributed by atoms with E-state index in [-0.39, 0.29) is 59.0 Å². The van der Waals surface area contributed by atoms with Crippen molar-refractivity contribution in [3.63, 3.8) is 0 Å². The molecule has 0 atom stereocenters. The van der Waals surface area contributed by atoms with E-state index in [0.717, 1.165) is 35.6 Å². The molecular weight excluding hydrogens is 857 g/mol. The minimum atomic E-state index is -4.62. The Hall–Kier alpha value is -6.91. The highest BCUT2D eigenvalue weighted by atomic mass is 32.2. The van der Waals surface area contributed by atoms with E-state index >= 15 is 0 Å². The molecule has 0 aliphatic rings. The number of nitrogens with zero attached hydrogens (tertiary/aromatic N) is 8. The van der Waals surface area contributed by atoms with E-state index in [1.807, 2.05) is 0 Å². The molecule has 5 N–H and O–H groups in total. The second-order valence-corrected chi connectivity index (χ2v) is 17.6. The number of fused-ring (bicyclic) bond motifs is 1. The predicted molar refractivity (Wildman–Crippen MR) is 220 cm³/mol. The molecule has 60 heavy (non-hydrogen) atoms. The van der Waals surface area contributed by atoms with Crippen LogP contribution in [0.25, 0.3) is 22.0 Å². The number of hydrogen-bond acceptors (Lipinski definition) is 17. The smallest absolute Gasteiger partial charge is 0.295 e. The summed E-state index contributed by atoms with van der Waals surface area (Å²) in [5.74, 6) is 0.0223. The molecule has 0 bridgehead atoms. The first-order valence-corrected chi connectivity index (χ1v) is 22.0. The van der Waals surface area contributed by atoms with Gasteiger partial charge in [-0.25, -0.2) is 9.97 Å². The van der Waals surface area contributed by atoms with Gasteiger partial charge in [0.2, 0.25) is 5.13 Å². The van der Waals surface area contributed by atoms with Gasteiger partial charge in [-0.2, -0.15) is 30.5 Å². The Balaban J connectivity index is 1.31. The Kier molecular flexibility index (Phi) is 11.3. The average molecular weight is 883 g/mol. The molecule has 19 nitrogen and oxygen atoms in total. The maximum Gasteiger partial charge on any atom is 0.295 e. The molecular formula is C37H26N10O9S4. The van der Waals surface area contributed by atoms with E-state index in [1.54, 1.807) is 55.6 Å². The SMILES string of the molecule is Cc1c(C#N)c(Nc2ccc(S(=O)(=O)O)cc2)nc(Nc2ccc(S(=O)(=O)O)cc2)c1N=Nc1nc(-c2cccnc2)c(N=Nc2cc(S(=O)(=O)O)c3ccccc3c2)s1. The molecule has 0 unspecified atom stereocenters. The number of hydrogen-bond donors (Lipinski definition) is 5. The van der Waals surface area contributed by atoms with Gasteiger partial charge in [-0.05, 0) is 85.1 Å². The first kappa shape index (κ1) is 41.3. The molecule has 0 saturated carbocycles. The highest BCUT2D eigenvalue weighted by Gasteiger charge is 2.21. The Morgan fingerprint density at radius 1 is 0.700 bits per heavy atom. The van der Waals surface area contributed by atoms with E-state index < -0.39 is 30.4 Å². The van der Waals surface area contributed by atoms with Crippen LogP contribution in [0.5, 0.6) is 0 Å². The number of rotatable bonds is 12. The first-order valence-electron chi connectivity index (χ1n) is 16.9. The highest BCUT2D eigenvalue weighted by Crippen LogP contribution is 2.43. The van der Waals surface area contributed by atoms with Gasteiger partial charge in [0.1, 0.15) is 22.3 Å². The Morgan fingerprint density at radius 2 is 1.33 bits per heavy atom. The van der Waals surface area contributed by atoms with Crippen LogP contribution in [-0.2, 0) is 30.4 Å². The molecule has 0 aliphatic carbocycles. The fourth-order valence-corrected chi connectivity index (χ4v) is 8.08. The molecule has 0 saturated heterocycles. The monoisotopic (exact) mass is 882 g/mol. The molecule has 302 valence electrons. The van der Waals surface area contributed by atoms with Crippen molar-refractivity contribution in [3.8, 4) is 17.3 Å². The lowest BCUT2D eigenvalue weighted by Gasteiger charge is -2.16. The number of thiazole rings is 1. The lowest BCUT2D eigenvalue weighted by atomic mass is 10.1. The summed E-state index contributed by atoms with van der Waals surface area (Å²) in [5, 5.41) is 34.7. The molecule has 0 fully saturated rings. The number of nitrogens with one attached hydrogen (secondary N) is 2. The summed E-state index contributed by atoms with van der Waals surface area (Å²) in [6, 6.07) is 24.8. The summed E-state index contributed by atoms with van der Waals surface area (Å²) in [4.78, 5) is 12.3. The highest BCUT2D eigenvalue weighted by molar-refractivity contribution is 7.86. The van der Waals surface area contributed by atoms with Crippen LogP contribution < -0.4 is 10.6 Å². The zero-order chi connectivity index (χ0) is 42.8. The van der Waals surface area contributed by atoms with Gasteiger partial charge in [0, 0.05) is 40.3 Å². The molecule has 0 amide bonds. The van der Waals surface area contributed by atoms with Crippen molar-refractivity contribution in [1.29, 1.82) is 5.26 Å². The van der Waals surface area contributed by atoms with Crippen LogP contribution in [-0.4, -0.2) is 53.9 Å². The maximum absolute atomic E-state index is 12.2. The van der Waals surface area contributed by atoms with Gasteiger partial charge in [0.25, 0.3) is 30.4 Å². The number of benzene rings is 4. The largest absolute Gasteiger partial charge is 0.339 e. The van der Waals surface area contributed by atoms with Gasteiger partial charge < -0.3 is 10.6 Å². The fraction of sp³-hybridized carbons (Fsp3) is 0.0270. The van der Waals surface area contributed by atoms with E-state index in [4.69, 9.17) is 0 Å². The van der Waals surface area contributed by atoms with Crippen LogP contribution in [0.4, 0.5) is 44.5 Å².